The fourth-order valence-electron chi connectivity index (χ4n) is 9.91. The Bertz CT molecular complexity index is 1490. The highest BCUT2D eigenvalue weighted by Crippen LogP contribution is 2.53. The first-order chi connectivity index (χ1) is 27.8. The van der Waals surface area contributed by atoms with E-state index in [4.69, 9.17) is 35.5 Å². The summed E-state index contributed by atoms with van der Waals surface area (Å²) in [6, 6.07) is 11.3. The van der Waals surface area contributed by atoms with Gasteiger partial charge < -0.3 is 38.8 Å². The van der Waals surface area contributed by atoms with Gasteiger partial charge in [-0.15, -0.1) is 6.42 Å². The molecular formula is C44H66N6O7. The van der Waals surface area contributed by atoms with Crippen molar-refractivity contribution < 1.29 is 33.3 Å². The number of amides is 2. The van der Waals surface area contributed by atoms with E-state index in [-0.39, 0.29) is 41.1 Å². The zero-order valence-electron chi connectivity index (χ0n) is 34.1. The Hall–Kier alpha value is -3.38. The molecule has 4 aliphatic heterocycles. The van der Waals surface area contributed by atoms with Gasteiger partial charge in [-0.05, 0) is 82.1 Å². The van der Waals surface area contributed by atoms with Gasteiger partial charge in [0.25, 0.3) is 0 Å². The number of hydrogen-bond donors (Lipinski definition) is 3. The lowest BCUT2D eigenvalue weighted by Crippen LogP contribution is -2.57. The number of fused-ring (bicyclic) bond motifs is 2. The van der Waals surface area contributed by atoms with Gasteiger partial charge in [0.15, 0.2) is 0 Å². The fraction of sp³-hybridized carbons (Fsp3) is 0.727. The highest BCUT2D eigenvalue weighted by atomic mass is 16.6. The van der Waals surface area contributed by atoms with Crippen molar-refractivity contribution >= 4 is 23.5 Å². The van der Waals surface area contributed by atoms with Crippen LogP contribution in [0.15, 0.2) is 30.3 Å². The summed E-state index contributed by atoms with van der Waals surface area (Å²) in [5, 5.41) is 21.5. The summed E-state index contributed by atoms with van der Waals surface area (Å²) in [4.78, 5) is 32.8. The van der Waals surface area contributed by atoms with Gasteiger partial charge in [0.1, 0.15) is 12.4 Å². The molecule has 1 spiro atoms. The Balaban J connectivity index is 0.886. The predicted molar refractivity (Wildman–Crippen MR) is 218 cm³/mol. The number of likely N-dealkylation sites (tertiary alicyclic amines) is 1. The van der Waals surface area contributed by atoms with Gasteiger partial charge in [0, 0.05) is 50.3 Å². The topological polar surface area (TPSA) is 150 Å². The molecule has 6 rings (SSSR count). The maximum absolute atomic E-state index is 13.1. The predicted octanol–water partition coefficient (Wildman–Crippen LogP) is 4.65. The van der Waals surface area contributed by atoms with E-state index in [2.05, 4.69) is 33.2 Å². The van der Waals surface area contributed by atoms with Gasteiger partial charge in [0.05, 0.1) is 77.1 Å². The number of nitrogens with one attached hydrogen (secondary N) is 3. The molecule has 3 N–H and O–H groups in total. The SMILES string of the molecule is C#CCOCCOCCOCCOCCC(=O)N1CCC2(CC1)CC(C(=N)N(C(C)=N)C1CC3CCC(C1)N3CC[C@H](NC(=O)C1CCOC1)c1ccccc1)C2. The third-order valence-electron chi connectivity index (χ3n) is 13.0. The van der Waals surface area contributed by atoms with Crippen LogP contribution >= 0.6 is 0 Å². The molecule has 2 amide bonds. The van der Waals surface area contributed by atoms with Gasteiger partial charge in [-0.2, -0.15) is 0 Å². The molecule has 4 atom stereocenters. The van der Waals surface area contributed by atoms with Crippen molar-refractivity contribution in [2.24, 2.45) is 17.3 Å². The summed E-state index contributed by atoms with van der Waals surface area (Å²) in [7, 11) is 0. The average Bonchev–Trinajstić information content (AvgIpc) is 3.83. The van der Waals surface area contributed by atoms with Crippen LogP contribution in [0.4, 0.5) is 0 Å². The van der Waals surface area contributed by atoms with Crippen LogP contribution in [0.5, 0.6) is 0 Å². The summed E-state index contributed by atoms with van der Waals surface area (Å²) in [5.41, 5.74) is 1.34. The number of carbonyl (C=O) groups is 2. The number of piperidine rings is 2. The van der Waals surface area contributed by atoms with Gasteiger partial charge in [-0.3, -0.25) is 25.3 Å². The molecule has 4 saturated heterocycles. The van der Waals surface area contributed by atoms with E-state index in [1.807, 2.05) is 30.0 Å². The number of ether oxygens (including phenoxy) is 5. The maximum Gasteiger partial charge on any atom is 0.226 e. The van der Waals surface area contributed by atoms with Crippen molar-refractivity contribution in [1.82, 2.24) is 20.0 Å². The third-order valence-corrected chi connectivity index (χ3v) is 13.0. The minimum atomic E-state index is -0.0702. The molecule has 1 aliphatic carbocycles. The van der Waals surface area contributed by atoms with Crippen molar-refractivity contribution in [3.05, 3.63) is 35.9 Å². The number of hydrogen-bond acceptors (Lipinski definition) is 10. The Kier molecular flexibility index (Phi) is 16.4. The summed E-state index contributed by atoms with van der Waals surface area (Å²) >= 11 is 0. The lowest BCUT2D eigenvalue weighted by molar-refractivity contribution is -0.136. The monoisotopic (exact) mass is 790 g/mol. The second kappa shape index (κ2) is 21.6. The molecule has 314 valence electrons. The Labute approximate surface area is 339 Å². The molecule has 5 aliphatic rings. The maximum atomic E-state index is 13.1. The summed E-state index contributed by atoms with van der Waals surface area (Å²) < 4.78 is 27.2. The number of benzene rings is 1. The van der Waals surface area contributed by atoms with Crippen LogP contribution < -0.4 is 5.32 Å². The molecule has 0 aromatic heterocycles. The number of rotatable bonds is 21. The molecule has 13 nitrogen and oxygen atoms in total. The van der Waals surface area contributed by atoms with E-state index in [1.54, 1.807) is 0 Å². The molecule has 57 heavy (non-hydrogen) atoms. The molecule has 1 aromatic carbocycles. The Morgan fingerprint density at radius 2 is 1.56 bits per heavy atom. The van der Waals surface area contributed by atoms with E-state index >= 15 is 0 Å². The number of amidine groups is 2. The zero-order chi connectivity index (χ0) is 40.0. The zero-order valence-corrected chi connectivity index (χ0v) is 34.1. The van der Waals surface area contributed by atoms with E-state index in [0.717, 1.165) is 89.4 Å². The van der Waals surface area contributed by atoms with Crippen LogP contribution in [0, 0.1) is 40.4 Å². The first-order valence-corrected chi connectivity index (χ1v) is 21.4. The average molecular weight is 791 g/mol. The van der Waals surface area contributed by atoms with E-state index in [1.165, 1.54) is 0 Å². The molecular weight excluding hydrogens is 725 g/mol. The van der Waals surface area contributed by atoms with Crippen molar-refractivity contribution in [2.45, 2.75) is 102 Å². The van der Waals surface area contributed by atoms with Crippen molar-refractivity contribution in [2.75, 3.05) is 85.7 Å². The van der Waals surface area contributed by atoms with Gasteiger partial charge in [-0.25, -0.2) is 0 Å². The Morgan fingerprint density at radius 3 is 2.16 bits per heavy atom. The number of terminal acetylenes is 1. The lowest BCUT2D eigenvalue weighted by Gasteiger charge is -2.54. The minimum absolute atomic E-state index is 0.0418. The highest BCUT2D eigenvalue weighted by molar-refractivity contribution is 5.99. The minimum Gasteiger partial charge on any atom is -0.381 e. The first-order valence-electron chi connectivity index (χ1n) is 21.4. The van der Waals surface area contributed by atoms with Crippen LogP contribution in [-0.4, -0.2) is 142 Å². The first kappa shape index (κ1) is 43.2. The van der Waals surface area contributed by atoms with Crippen LogP contribution in [0.3, 0.4) is 0 Å². The molecule has 3 unspecified atom stereocenters. The fourth-order valence-corrected chi connectivity index (χ4v) is 9.91. The second-order valence-electron chi connectivity index (χ2n) is 16.7. The van der Waals surface area contributed by atoms with E-state index < -0.39 is 0 Å². The van der Waals surface area contributed by atoms with Crippen LogP contribution in [-0.2, 0) is 33.3 Å². The third kappa shape index (κ3) is 11.9. The smallest absolute Gasteiger partial charge is 0.226 e. The standard InChI is InChI=1S/C44H66N6O7/c1-3-19-53-22-24-55-26-27-56-25-23-54-21-13-41(51)48-17-14-44(15-18-48)30-36(31-44)42(46)50(33(2)45)39-28-37-9-10-38(29-39)49(37)16-11-40(34-7-5-4-6-8-34)47-43(52)35-12-20-57-32-35/h1,4-8,35-40,45-46H,9-32H2,2H3,(H,47,52)/t35?,37?,38?,39?,40-/m0/s1. The normalized spacial score (nSPS) is 24.8. The van der Waals surface area contributed by atoms with E-state index in [0.29, 0.717) is 96.2 Å². The van der Waals surface area contributed by atoms with Crippen molar-refractivity contribution in [3.63, 3.8) is 0 Å². The molecule has 13 heteroatoms. The summed E-state index contributed by atoms with van der Waals surface area (Å²) in [6.45, 7) is 8.92. The Morgan fingerprint density at radius 1 is 0.930 bits per heavy atom. The molecule has 5 fully saturated rings. The van der Waals surface area contributed by atoms with Crippen LogP contribution in [0.1, 0.15) is 89.2 Å². The highest BCUT2D eigenvalue weighted by Gasteiger charge is 2.50. The van der Waals surface area contributed by atoms with Crippen LogP contribution in [0.25, 0.3) is 0 Å². The van der Waals surface area contributed by atoms with Gasteiger partial charge in [-0.1, -0.05) is 36.3 Å². The van der Waals surface area contributed by atoms with Gasteiger partial charge in [0.2, 0.25) is 11.8 Å². The van der Waals surface area contributed by atoms with Crippen molar-refractivity contribution in [1.29, 1.82) is 10.8 Å². The largest absolute Gasteiger partial charge is 0.381 e. The molecule has 2 bridgehead atoms. The molecule has 4 heterocycles. The lowest BCUT2D eigenvalue weighted by atomic mass is 9.57. The van der Waals surface area contributed by atoms with Crippen molar-refractivity contribution in [3.8, 4) is 12.3 Å². The molecule has 0 radical (unpaired) electrons. The summed E-state index contributed by atoms with van der Waals surface area (Å²) in [5.74, 6) is 3.83. The molecule has 1 saturated carbocycles. The van der Waals surface area contributed by atoms with Crippen LogP contribution in [0.2, 0.25) is 0 Å². The summed E-state index contributed by atoms with van der Waals surface area (Å²) in [6.07, 6.45) is 15.2. The number of nitrogens with zero attached hydrogens (tertiary/aromatic N) is 3. The second-order valence-corrected chi connectivity index (χ2v) is 16.7. The van der Waals surface area contributed by atoms with E-state index in [9.17, 15) is 15.0 Å². The molecule has 1 aromatic rings. The number of carbonyl (C=O) groups excluding carboxylic acids is 2. The quantitative estimate of drug-likeness (QED) is 0.0701. The van der Waals surface area contributed by atoms with Gasteiger partial charge >= 0.3 is 0 Å².